The number of Topliss-reactive ketones (excluding diaryl/α,β-unsaturated/α-hetero) is 1. The number of likely N-dealkylation sites (N-methyl/N-ethyl adjacent to an activating group) is 4. The number of hydrogen-bond acceptors (Lipinski definition) is 13. The van der Waals surface area contributed by atoms with Crippen LogP contribution in [0.25, 0.3) is 0 Å². The average molecular weight is 1830 g/mol. The van der Waals surface area contributed by atoms with Crippen molar-refractivity contribution in [2.24, 2.45) is 0 Å². The first kappa shape index (κ1) is 93.4. The SMILES string of the molecule is CC(C)Oc1ccc(C(=O)N2CCC3(CC2)c2ccc(Cl)n2CCN3C)cc1F.CCc1ccc(C(=O)N2CCC3(CC2)c2ccc(C(=O)C(F)(F)F)n2CCN3C)cc1.CN1CCn2c(C(F)(F)F)ccc2C12CCN(C(=O)c1ccccc1Oc1ccccc1)CC2.Cc1cc(C(=O)N2CCC3(CC2)c2ccc(C(F)(F)F)n2CCN3C)ccc1S(=O)(=O)NC1CC1. The second kappa shape index (κ2) is 36.8. The van der Waals surface area contributed by atoms with E-state index in [9.17, 15) is 76.3 Å². The van der Waals surface area contributed by atoms with Crippen molar-refractivity contribution in [1.82, 2.24) is 62.2 Å². The highest BCUT2D eigenvalue weighted by atomic mass is 35.5. The predicted octanol–water partition coefficient (Wildman–Crippen LogP) is 16.7. The monoisotopic (exact) mass is 1830 g/mol. The molecule has 9 aromatic rings. The fourth-order valence-electron chi connectivity index (χ4n) is 20.3. The molecule has 4 amide bonds. The summed E-state index contributed by atoms with van der Waals surface area (Å²) in [5.41, 5.74) is 3.67. The van der Waals surface area contributed by atoms with Gasteiger partial charge in [0.2, 0.25) is 10.0 Å². The third-order valence-corrected chi connectivity index (χ3v) is 29.8. The van der Waals surface area contributed by atoms with E-state index in [1.54, 1.807) is 65.3 Å². The van der Waals surface area contributed by atoms with E-state index < -0.39 is 68.2 Å². The predicted molar refractivity (Wildman–Crippen MR) is 466 cm³/mol. The van der Waals surface area contributed by atoms with Crippen LogP contribution in [0.3, 0.4) is 0 Å². The number of nitrogens with zero attached hydrogens (tertiary/aromatic N) is 12. The lowest BCUT2D eigenvalue weighted by Crippen LogP contribution is -2.56. The minimum absolute atomic E-state index is 0.00684. The van der Waals surface area contributed by atoms with E-state index in [1.807, 2.05) is 112 Å². The Balaban J connectivity index is 0.000000132. The highest BCUT2D eigenvalue weighted by Crippen LogP contribution is 2.49. The van der Waals surface area contributed by atoms with Gasteiger partial charge < -0.3 is 47.3 Å². The summed E-state index contributed by atoms with van der Waals surface area (Å²) in [4.78, 5) is 80.5. The molecule has 9 aliphatic rings. The topological polar surface area (TPSA) is 196 Å². The van der Waals surface area contributed by atoms with Crippen LogP contribution in [0.2, 0.25) is 5.15 Å². The van der Waals surface area contributed by atoms with E-state index in [1.165, 1.54) is 61.4 Å². The number of fused-ring (bicyclic) bond motifs is 8. The summed E-state index contributed by atoms with van der Waals surface area (Å²) in [7, 11) is 4.38. The Kier molecular flexibility index (Phi) is 26.6. The molecule has 129 heavy (non-hydrogen) atoms. The third-order valence-electron chi connectivity index (χ3n) is 27.8. The Morgan fingerprint density at radius 2 is 0.860 bits per heavy atom. The zero-order chi connectivity index (χ0) is 92.2. The molecule has 1 aliphatic carbocycles. The number of sulfonamides is 1. The van der Waals surface area contributed by atoms with Crippen LogP contribution in [0, 0.1) is 12.7 Å². The van der Waals surface area contributed by atoms with Gasteiger partial charge in [0.15, 0.2) is 11.6 Å². The van der Waals surface area contributed by atoms with Gasteiger partial charge in [-0.2, -0.15) is 39.5 Å². The first-order chi connectivity index (χ1) is 61.2. The van der Waals surface area contributed by atoms with Crippen LogP contribution >= 0.6 is 11.6 Å². The molecular formula is C95H108ClF10N13O9S. The number of carbonyl (C=O) groups is 5. The van der Waals surface area contributed by atoms with Gasteiger partial charge in [0.05, 0.1) is 44.4 Å². The van der Waals surface area contributed by atoms with Crippen molar-refractivity contribution in [1.29, 1.82) is 0 Å². The van der Waals surface area contributed by atoms with E-state index in [-0.39, 0.29) is 64.2 Å². The largest absolute Gasteiger partial charge is 0.488 e. The lowest BCUT2D eigenvalue weighted by Gasteiger charge is -2.50. The van der Waals surface area contributed by atoms with Crippen LogP contribution < -0.4 is 14.2 Å². The Morgan fingerprint density at radius 3 is 1.31 bits per heavy atom. The second-order valence-electron chi connectivity index (χ2n) is 35.4. The lowest BCUT2D eigenvalue weighted by molar-refractivity contribution is -0.145. The average Bonchev–Trinajstić information content (AvgIpc) is 1.64. The molecule has 22 nitrogen and oxygen atoms in total. The lowest BCUT2D eigenvalue weighted by atomic mass is 9.81. The quantitative estimate of drug-likeness (QED) is 0.0846. The molecule has 0 bridgehead atoms. The van der Waals surface area contributed by atoms with Crippen LogP contribution in [0.15, 0.2) is 169 Å². The fraction of sp³-hybridized carbons (Fsp3) is 0.463. The van der Waals surface area contributed by atoms with Crippen LogP contribution in [0.1, 0.15) is 182 Å². The van der Waals surface area contributed by atoms with Crippen molar-refractivity contribution in [3.8, 4) is 17.2 Å². The van der Waals surface area contributed by atoms with Crippen molar-refractivity contribution >= 4 is 51.0 Å². The number of halogens is 11. The zero-order valence-electron chi connectivity index (χ0n) is 73.4. The van der Waals surface area contributed by atoms with Crippen LogP contribution in [0.5, 0.6) is 17.2 Å². The number of hydrogen-bond donors (Lipinski definition) is 1. The maximum Gasteiger partial charge on any atom is 0.456 e. The fourth-order valence-corrected chi connectivity index (χ4v) is 22.0. The summed E-state index contributed by atoms with van der Waals surface area (Å²) >= 11 is 6.36. The standard InChI is InChI=1S/C26H26F3N3O2.C24H29F3N4O3S.C23H26F3N3O2.C22H27ClFN3O2/c1-30-17-18-32-22(11-12-23(32)26(27,28)29)25(30)13-15-31(16-14-25)24(33)20-9-5-6-10-21(20)34-19-7-3-2-4-8-19;1-16-15-17(3-6-19(16)35(33,34)28-18-4-5-18)22(32)30-11-9-23(10-12-30)20-7-8-21(24(25,26)27)31(20)14-13-29(23)2;1-3-16-4-6-17(7-5-16)21(31)28-12-10-22(11-13-28)19-9-8-18(20(30)23(24,25)26)29(19)15-14-27(22)2;1-15(2)29-18-5-4-16(14-17(18)24)21(28)26-10-8-22(9-11-26)19-6-7-20(23)27(19)13-12-25(22)3/h2-12H,13-18H2,1H3;3,6-8,15,18,28H,4-5,9-14H2,1-2H3;4-9H,3,10-15H2,1-2H3;4-7,14-15H,8-13H2,1-3H3. The van der Waals surface area contributed by atoms with E-state index in [0.717, 1.165) is 62.1 Å². The number of piperidine rings is 4. The molecule has 690 valence electrons. The number of aromatic nitrogens is 4. The van der Waals surface area contributed by atoms with E-state index in [0.29, 0.717) is 174 Å². The molecule has 12 heterocycles. The molecule has 0 atom stereocenters. The van der Waals surface area contributed by atoms with E-state index >= 15 is 0 Å². The molecule has 18 rings (SSSR count). The number of likely N-dealkylation sites (tertiary alicyclic amines) is 4. The third kappa shape index (κ3) is 18.6. The maximum atomic E-state index is 14.3. The zero-order valence-corrected chi connectivity index (χ0v) is 75.0. The Bertz CT molecular complexity index is 5730. The number of para-hydroxylation sites is 2. The van der Waals surface area contributed by atoms with Crippen LogP contribution in [-0.4, -0.2) is 220 Å². The van der Waals surface area contributed by atoms with Crippen molar-refractivity contribution in [3.63, 3.8) is 0 Å². The molecule has 5 aromatic carbocycles. The molecule has 1 N–H and O–H groups in total. The summed E-state index contributed by atoms with van der Waals surface area (Å²) in [6.07, 6.45) is -6.18. The molecule has 4 aromatic heterocycles. The number of ketones is 1. The highest BCUT2D eigenvalue weighted by Gasteiger charge is 2.53. The molecule has 0 unspecified atom stereocenters. The number of nitrogens with one attached hydrogen (secondary N) is 1. The maximum absolute atomic E-state index is 14.3. The van der Waals surface area contributed by atoms with E-state index in [4.69, 9.17) is 21.1 Å². The number of alkyl halides is 9. The summed E-state index contributed by atoms with van der Waals surface area (Å²) < 4.78 is 180. The Labute approximate surface area is 749 Å². The molecule has 5 fully saturated rings. The molecular weight excluding hydrogens is 1720 g/mol. The van der Waals surface area contributed by atoms with Gasteiger partial charge in [0, 0.05) is 150 Å². The van der Waals surface area contributed by atoms with E-state index in [2.05, 4.69) is 48.9 Å². The summed E-state index contributed by atoms with van der Waals surface area (Å²) in [6.45, 7) is 15.7. The van der Waals surface area contributed by atoms with Gasteiger partial charge in [-0.05, 0) is 252 Å². The van der Waals surface area contributed by atoms with Crippen molar-refractivity contribution < 1.29 is 85.8 Å². The van der Waals surface area contributed by atoms with Crippen molar-refractivity contribution in [2.45, 2.75) is 182 Å². The van der Waals surface area contributed by atoms with Gasteiger partial charge in [-0.3, -0.25) is 43.6 Å². The number of amides is 4. The Morgan fingerprint density at radius 1 is 0.457 bits per heavy atom. The highest BCUT2D eigenvalue weighted by molar-refractivity contribution is 7.89. The first-order valence-electron chi connectivity index (χ1n) is 43.9. The van der Waals surface area contributed by atoms with Crippen molar-refractivity contribution in [2.75, 3.05) is 107 Å². The van der Waals surface area contributed by atoms with Gasteiger partial charge in [-0.25, -0.2) is 17.5 Å². The van der Waals surface area contributed by atoms with Gasteiger partial charge in [-0.15, -0.1) is 0 Å². The van der Waals surface area contributed by atoms with Crippen LogP contribution in [0.4, 0.5) is 43.9 Å². The summed E-state index contributed by atoms with van der Waals surface area (Å²) in [6, 6.07) is 45.6. The summed E-state index contributed by atoms with van der Waals surface area (Å²) in [5.74, 6) is -1.50. The molecule has 34 heteroatoms. The number of aryl methyl sites for hydroxylation is 2. The second-order valence-corrected chi connectivity index (χ2v) is 37.5. The van der Waals surface area contributed by atoms with Crippen LogP contribution in [-0.2, 0) is 77.1 Å². The molecule has 1 saturated carbocycles. The summed E-state index contributed by atoms with van der Waals surface area (Å²) in [5, 5.41) is 0.769. The smallest absolute Gasteiger partial charge is 0.456 e. The minimum atomic E-state index is -4.89. The number of benzene rings is 5. The molecule has 8 aliphatic heterocycles. The first-order valence-corrected chi connectivity index (χ1v) is 45.8. The number of rotatable bonds is 13. The number of ether oxygens (including phenoxy) is 2. The van der Waals surface area contributed by atoms with Gasteiger partial charge in [0.25, 0.3) is 29.4 Å². The Hall–Kier alpha value is -10.3. The van der Waals surface area contributed by atoms with Gasteiger partial charge in [0.1, 0.15) is 28.0 Å². The van der Waals surface area contributed by atoms with Crippen molar-refractivity contribution in [3.05, 3.63) is 248 Å². The molecule has 0 radical (unpaired) electrons. The minimum Gasteiger partial charge on any atom is -0.488 e. The molecule has 4 spiro atoms. The van der Waals surface area contributed by atoms with Gasteiger partial charge in [-0.1, -0.05) is 61.0 Å². The molecule has 4 saturated heterocycles. The number of carbonyl (C=O) groups excluding carboxylic acids is 5. The normalized spacial score (nSPS) is 19.2. The van der Waals surface area contributed by atoms with Gasteiger partial charge >= 0.3 is 18.5 Å².